The van der Waals surface area contributed by atoms with Crippen molar-refractivity contribution < 1.29 is 25.8 Å². The first kappa shape index (κ1) is 14.6. The van der Waals surface area contributed by atoms with E-state index in [1.165, 1.54) is 24.3 Å². The molecule has 7 heteroatoms. The summed E-state index contributed by atoms with van der Waals surface area (Å²) in [5.74, 6) is -0.351. The second-order valence-electron chi connectivity index (χ2n) is 3.52. The van der Waals surface area contributed by atoms with Crippen LogP contribution in [0.25, 0.3) is 6.08 Å². The molecule has 0 aromatic heterocycles. The van der Waals surface area contributed by atoms with Crippen LogP contribution in [-0.2, 0) is 10.1 Å². The number of aryl methyl sites for hydroxylation is 1. The van der Waals surface area contributed by atoms with E-state index in [4.69, 9.17) is 0 Å². The van der Waals surface area contributed by atoms with Gasteiger partial charge in [0, 0.05) is 5.56 Å². The van der Waals surface area contributed by atoms with Crippen LogP contribution in [-0.4, -0.2) is 13.9 Å². The van der Waals surface area contributed by atoms with Gasteiger partial charge in [0.15, 0.2) is 0 Å². The summed E-state index contributed by atoms with van der Waals surface area (Å²) in [6.45, 7) is 3.39. The van der Waals surface area contributed by atoms with Crippen molar-refractivity contribution >= 4 is 16.2 Å². The molecule has 0 heterocycles. The van der Waals surface area contributed by atoms with E-state index < -0.39 is 15.6 Å². The lowest BCUT2D eigenvalue weighted by atomic mass is 10.1. The molecule has 0 atom stereocenters. The summed E-state index contributed by atoms with van der Waals surface area (Å²) in [4.78, 5) is 0. The van der Waals surface area contributed by atoms with Gasteiger partial charge in [-0.1, -0.05) is 23.8 Å². The van der Waals surface area contributed by atoms with Gasteiger partial charge in [-0.05, 0) is 26.0 Å². The molecule has 0 saturated heterocycles. The third-order valence-electron chi connectivity index (χ3n) is 1.99. The van der Waals surface area contributed by atoms with E-state index in [2.05, 4.69) is 4.18 Å². The van der Waals surface area contributed by atoms with Gasteiger partial charge in [0.2, 0.25) is 0 Å². The topological polar surface area (TPSA) is 43.4 Å². The van der Waals surface area contributed by atoms with Crippen LogP contribution in [0.2, 0.25) is 0 Å². The van der Waals surface area contributed by atoms with Gasteiger partial charge in [0.25, 0.3) is 0 Å². The average molecular weight is 280 g/mol. The Bertz CT molecular complexity index is 559. The zero-order chi connectivity index (χ0) is 14.0. The fourth-order valence-electron chi connectivity index (χ4n) is 1.22. The molecule has 0 bridgehead atoms. The average Bonchev–Trinajstić information content (AvgIpc) is 2.20. The predicted molar refractivity (Wildman–Crippen MR) is 61.5 cm³/mol. The maximum absolute atomic E-state index is 12.2. The highest BCUT2D eigenvalue weighted by Gasteiger charge is 2.48. The van der Waals surface area contributed by atoms with Gasteiger partial charge in [-0.25, -0.2) is 0 Å². The summed E-state index contributed by atoms with van der Waals surface area (Å²) < 4.78 is 62.4. The molecule has 0 spiro atoms. The van der Waals surface area contributed by atoms with Gasteiger partial charge in [-0.3, -0.25) is 0 Å². The van der Waals surface area contributed by atoms with Crippen molar-refractivity contribution in [2.24, 2.45) is 0 Å². The molecule has 1 aromatic rings. The summed E-state index contributed by atoms with van der Waals surface area (Å²) in [7, 11) is -5.64. The van der Waals surface area contributed by atoms with Crippen molar-refractivity contribution in [1.82, 2.24) is 0 Å². The molecule has 100 valence electrons. The van der Waals surface area contributed by atoms with Crippen molar-refractivity contribution in [3.63, 3.8) is 0 Å². The maximum atomic E-state index is 12.2. The van der Waals surface area contributed by atoms with E-state index >= 15 is 0 Å². The van der Waals surface area contributed by atoms with Gasteiger partial charge in [0.1, 0.15) is 5.75 Å². The lowest BCUT2D eigenvalue weighted by Crippen LogP contribution is -2.28. The molecule has 1 rings (SSSR count). The minimum Gasteiger partial charge on any atom is -0.375 e. The number of hydrogen-bond donors (Lipinski definition) is 0. The molecule has 0 aliphatic carbocycles. The molecule has 0 aliphatic rings. The Morgan fingerprint density at radius 2 is 1.89 bits per heavy atom. The van der Waals surface area contributed by atoms with Crippen LogP contribution in [0.3, 0.4) is 0 Å². The van der Waals surface area contributed by atoms with E-state index in [0.29, 0.717) is 0 Å². The van der Waals surface area contributed by atoms with Crippen LogP contribution >= 0.6 is 0 Å². The highest BCUT2D eigenvalue weighted by atomic mass is 32.2. The minimum atomic E-state index is -5.64. The molecule has 1 aromatic carbocycles. The first-order chi connectivity index (χ1) is 8.17. The van der Waals surface area contributed by atoms with Crippen molar-refractivity contribution in [2.45, 2.75) is 19.4 Å². The molecule has 3 nitrogen and oxygen atoms in total. The number of allylic oxidation sites excluding steroid dienone is 1. The number of halogens is 3. The van der Waals surface area contributed by atoms with E-state index in [0.717, 1.165) is 5.56 Å². The fourth-order valence-corrected chi connectivity index (χ4v) is 1.70. The molecule has 0 saturated carbocycles. The lowest BCUT2D eigenvalue weighted by Gasteiger charge is -2.11. The van der Waals surface area contributed by atoms with Crippen LogP contribution in [0.1, 0.15) is 18.1 Å². The number of rotatable bonds is 3. The molecule has 0 fully saturated rings. The molecular formula is C11H11F3O3S. The first-order valence-electron chi connectivity index (χ1n) is 4.91. The SMILES string of the molecule is CC=Cc1cc(C)ccc1OS(=O)(=O)C(F)(F)F. The smallest absolute Gasteiger partial charge is 0.375 e. The molecule has 0 aliphatic heterocycles. The monoisotopic (exact) mass is 280 g/mol. The van der Waals surface area contributed by atoms with Crippen molar-refractivity contribution in [3.05, 3.63) is 35.4 Å². The summed E-state index contributed by atoms with van der Waals surface area (Å²) in [5.41, 5.74) is -4.39. The van der Waals surface area contributed by atoms with E-state index in [1.807, 2.05) is 0 Å². The van der Waals surface area contributed by atoms with Gasteiger partial charge < -0.3 is 4.18 Å². The van der Waals surface area contributed by atoms with E-state index in [9.17, 15) is 21.6 Å². The lowest BCUT2D eigenvalue weighted by molar-refractivity contribution is -0.0500. The highest BCUT2D eigenvalue weighted by molar-refractivity contribution is 7.88. The Morgan fingerprint density at radius 1 is 1.28 bits per heavy atom. The largest absolute Gasteiger partial charge is 0.534 e. The van der Waals surface area contributed by atoms with Crippen LogP contribution in [0, 0.1) is 6.92 Å². The first-order valence-corrected chi connectivity index (χ1v) is 6.32. The standard InChI is InChI=1S/C11H11F3O3S/c1-3-4-9-7-8(2)5-6-10(9)17-18(15,16)11(12,13)14/h3-7H,1-2H3. The Labute approximate surface area is 103 Å². The number of hydrogen-bond acceptors (Lipinski definition) is 3. The van der Waals surface area contributed by atoms with Crippen molar-refractivity contribution in [3.8, 4) is 5.75 Å². The normalized spacial score (nSPS) is 12.9. The summed E-state index contributed by atoms with van der Waals surface area (Å²) in [5, 5.41) is 0. The molecule has 0 amide bonds. The van der Waals surface area contributed by atoms with Crippen molar-refractivity contribution in [2.75, 3.05) is 0 Å². The predicted octanol–water partition coefficient (Wildman–Crippen LogP) is 3.26. The Hall–Kier alpha value is -1.50. The van der Waals surface area contributed by atoms with Crippen LogP contribution in [0.5, 0.6) is 5.75 Å². The van der Waals surface area contributed by atoms with Gasteiger partial charge in [0.05, 0.1) is 0 Å². The Morgan fingerprint density at radius 3 is 2.39 bits per heavy atom. The Balaban J connectivity index is 3.20. The van der Waals surface area contributed by atoms with Gasteiger partial charge in [-0.2, -0.15) is 21.6 Å². The van der Waals surface area contributed by atoms with Gasteiger partial charge >= 0.3 is 15.6 Å². The Kier molecular flexibility index (Phi) is 4.05. The molecular weight excluding hydrogens is 269 g/mol. The molecule has 0 unspecified atom stereocenters. The molecule has 0 radical (unpaired) electrons. The zero-order valence-corrected chi connectivity index (χ0v) is 10.5. The quantitative estimate of drug-likeness (QED) is 0.630. The minimum absolute atomic E-state index is 0.269. The maximum Gasteiger partial charge on any atom is 0.534 e. The van der Waals surface area contributed by atoms with E-state index in [-0.39, 0.29) is 11.3 Å². The van der Waals surface area contributed by atoms with E-state index in [1.54, 1.807) is 19.9 Å². The molecule has 18 heavy (non-hydrogen) atoms. The van der Waals surface area contributed by atoms with Gasteiger partial charge in [-0.15, -0.1) is 0 Å². The summed E-state index contributed by atoms with van der Waals surface area (Å²) in [6.07, 6.45) is 3.04. The highest BCUT2D eigenvalue weighted by Crippen LogP contribution is 2.29. The van der Waals surface area contributed by atoms with Crippen LogP contribution in [0.4, 0.5) is 13.2 Å². The number of alkyl halides is 3. The fraction of sp³-hybridized carbons (Fsp3) is 0.273. The van der Waals surface area contributed by atoms with Crippen LogP contribution < -0.4 is 4.18 Å². The summed E-state index contributed by atoms with van der Waals surface area (Å²) in [6, 6.07) is 4.18. The third kappa shape index (κ3) is 3.25. The van der Waals surface area contributed by atoms with Crippen molar-refractivity contribution in [1.29, 1.82) is 0 Å². The second-order valence-corrected chi connectivity index (χ2v) is 5.06. The second kappa shape index (κ2) is 5.01. The summed E-state index contributed by atoms with van der Waals surface area (Å²) >= 11 is 0. The zero-order valence-electron chi connectivity index (χ0n) is 9.65. The van der Waals surface area contributed by atoms with Crippen LogP contribution in [0.15, 0.2) is 24.3 Å². The molecule has 0 N–H and O–H groups in total. The third-order valence-corrected chi connectivity index (χ3v) is 2.96. The number of benzene rings is 1.